The molecule has 5 rings (SSSR count). The van der Waals surface area contributed by atoms with Crippen LogP contribution in [-0.4, -0.2) is 33.4 Å². The first-order chi connectivity index (χ1) is 19.2. The fourth-order valence-electron chi connectivity index (χ4n) is 4.72. The monoisotopic (exact) mass is 576 g/mol. The predicted molar refractivity (Wildman–Crippen MR) is 154 cm³/mol. The number of amides is 1. The second-order valence-electron chi connectivity index (χ2n) is 9.12. The summed E-state index contributed by atoms with van der Waals surface area (Å²) in [4.78, 5) is 45.0. The molecule has 0 N–H and O–H groups in total. The van der Waals surface area contributed by atoms with Crippen molar-refractivity contribution in [3.8, 4) is 11.3 Å². The van der Waals surface area contributed by atoms with Gasteiger partial charge in [0.05, 0.1) is 26.8 Å². The highest BCUT2D eigenvalue weighted by Gasteiger charge is 2.34. The summed E-state index contributed by atoms with van der Waals surface area (Å²) in [6.07, 6.45) is 1.62. The molecule has 3 heterocycles. The lowest BCUT2D eigenvalue weighted by Gasteiger charge is -2.29. The van der Waals surface area contributed by atoms with Crippen molar-refractivity contribution in [2.24, 2.45) is 4.99 Å². The van der Waals surface area contributed by atoms with Crippen molar-refractivity contribution in [1.82, 2.24) is 9.47 Å². The Morgan fingerprint density at radius 3 is 2.58 bits per heavy atom. The molecule has 0 aliphatic carbocycles. The van der Waals surface area contributed by atoms with Crippen LogP contribution in [0.25, 0.3) is 17.4 Å². The Morgan fingerprint density at radius 2 is 1.90 bits per heavy atom. The van der Waals surface area contributed by atoms with Gasteiger partial charge in [-0.3, -0.25) is 24.3 Å². The van der Waals surface area contributed by atoms with Crippen LogP contribution in [0, 0.1) is 10.1 Å². The van der Waals surface area contributed by atoms with Crippen molar-refractivity contribution in [3.63, 3.8) is 0 Å². The van der Waals surface area contributed by atoms with E-state index in [1.807, 2.05) is 26.0 Å². The van der Waals surface area contributed by atoms with Crippen molar-refractivity contribution in [2.75, 3.05) is 13.1 Å². The summed E-state index contributed by atoms with van der Waals surface area (Å²) >= 11 is 7.35. The zero-order valence-corrected chi connectivity index (χ0v) is 23.5. The molecule has 0 fully saturated rings. The molecular formula is C29H25ClN4O5S. The Balaban J connectivity index is 1.62. The standard InChI is InChI=1S/C29H25ClN4O5S/c1-4-32(5-2)28(36)25-17(3)31-29-33(26(25)18-9-11-20(30)12-10-18)27(35)24(40-29)16-22-13-14-23(39-22)19-7-6-8-21(15-19)34(37)38/h6-16,26H,4-5H2,1-3H3/b24-16+/t26-/m0/s1. The van der Waals surface area contributed by atoms with Crippen molar-refractivity contribution >= 4 is 40.6 Å². The highest BCUT2D eigenvalue weighted by molar-refractivity contribution is 7.07. The van der Waals surface area contributed by atoms with Crippen molar-refractivity contribution in [1.29, 1.82) is 0 Å². The lowest BCUT2D eigenvalue weighted by Crippen LogP contribution is -2.43. The zero-order valence-electron chi connectivity index (χ0n) is 22.0. The molecule has 0 saturated heterocycles. The molecule has 1 aliphatic heterocycles. The van der Waals surface area contributed by atoms with E-state index in [0.29, 0.717) is 55.8 Å². The van der Waals surface area contributed by atoms with Crippen LogP contribution in [-0.2, 0) is 4.79 Å². The Morgan fingerprint density at radius 1 is 1.18 bits per heavy atom. The number of hydrogen-bond acceptors (Lipinski definition) is 7. The van der Waals surface area contributed by atoms with Crippen LogP contribution in [0.5, 0.6) is 0 Å². The summed E-state index contributed by atoms with van der Waals surface area (Å²) in [6.45, 7) is 6.66. The van der Waals surface area contributed by atoms with E-state index < -0.39 is 11.0 Å². The maximum absolute atomic E-state index is 13.8. The Bertz CT molecular complexity index is 1830. The van der Waals surface area contributed by atoms with E-state index in [1.165, 1.54) is 23.5 Å². The third-order valence-electron chi connectivity index (χ3n) is 6.73. The molecule has 1 amide bonds. The first-order valence-corrected chi connectivity index (χ1v) is 13.8. The second kappa shape index (κ2) is 11.1. The van der Waals surface area contributed by atoms with E-state index in [9.17, 15) is 19.7 Å². The van der Waals surface area contributed by atoms with Crippen LogP contribution in [0.4, 0.5) is 5.69 Å². The lowest BCUT2D eigenvalue weighted by atomic mass is 9.94. The van der Waals surface area contributed by atoms with Gasteiger partial charge in [0.15, 0.2) is 4.80 Å². The van der Waals surface area contributed by atoms with Gasteiger partial charge in [-0.2, -0.15) is 0 Å². The van der Waals surface area contributed by atoms with Crippen molar-refractivity contribution in [3.05, 3.63) is 118 Å². The summed E-state index contributed by atoms with van der Waals surface area (Å²) in [6, 6.07) is 16.0. The van der Waals surface area contributed by atoms with Gasteiger partial charge in [0.1, 0.15) is 11.5 Å². The molecule has 0 spiro atoms. The van der Waals surface area contributed by atoms with Gasteiger partial charge in [-0.05, 0) is 50.6 Å². The van der Waals surface area contributed by atoms with Crippen LogP contribution in [0.2, 0.25) is 5.02 Å². The molecule has 4 aromatic rings. The largest absolute Gasteiger partial charge is 0.457 e. The number of benzene rings is 2. The van der Waals surface area contributed by atoms with Gasteiger partial charge < -0.3 is 9.32 Å². The predicted octanol–water partition coefficient (Wildman–Crippen LogP) is 4.93. The SMILES string of the molecule is CCN(CC)C(=O)C1=C(C)N=c2s/c(=C/c3ccc(-c4cccc([N+](=O)[O-])c4)o3)c(=O)n2[C@H]1c1ccc(Cl)cc1. The highest BCUT2D eigenvalue weighted by atomic mass is 35.5. The number of furan rings is 1. The first kappa shape index (κ1) is 27.3. The fraction of sp³-hybridized carbons (Fsp3) is 0.207. The summed E-state index contributed by atoms with van der Waals surface area (Å²) < 4.78 is 7.85. The molecule has 11 heteroatoms. The van der Waals surface area contributed by atoms with Gasteiger partial charge in [-0.15, -0.1) is 0 Å². The summed E-state index contributed by atoms with van der Waals surface area (Å²) in [5.41, 5.74) is 1.93. The van der Waals surface area contributed by atoms with Gasteiger partial charge in [0.25, 0.3) is 17.2 Å². The average Bonchev–Trinajstić information content (AvgIpc) is 3.53. The summed E-state index contributed by atoms with van der Waals surface area (Å²) in [5.74, 6) is 0.669. The van der Waals surface area contributed by atoms with Crippen LogP contribution < -0.4 is 14.9 Å². The molecule has 40 heavy (non-hydrogen) atoms. The number of halogens is 1. The van der Waals surface area contributed by atoms with Crippen molar-refractivity contribution < 1.29 is 14.1 Å². The number of likely N-dealkylation sites (N-methyl/N-ethyl adjacent to an activating group) is 1. The number of carbonyl (C=O) groups is 1. The molecule has 1 atom stereocenters. The van der Waals surface area contributed by atoms with Crippen LogP contribution in [0.1, 0.15) is 38.1 Å². The van der Waals surface area contributed by atoms with Gasteiger partial charge in [-0.1, -0.05) is 47.2 Å². The number of fused-ring (bicyclic) bond motifs is 1. The number of aromatic nitrogens is 1. The molecule has 2 aromatic carbocycles. The fourth-order valence-corrected chi connectivity index (χ4v) is 5.88. The van der Waals surface area contributed by atoms with Gasteiger partial charge in [-0.25, -0.2) is 4.99 Å². The normalized spacial score (nSPS) is 15.1. The van der Waals surface area contributed by atoms with Gasteiger partial charge >= 0.3 is 0 Å². The third-order valence-corrected chi connectivity index (χ3v) is 7.97. The van der Waals surface area contributed by atoms with E-state index in [4.69, 9.17) is 16.0 Å². The quantitative estimate of drug-likeness (QED) is 0.229. The maximum atomic E-state index is 13.8. The van der Waals surface area contributed by atoms with E-state index in [1.54, 1.807) is 58.9 Å². The van der Waals surface area contributed by atoms with E-state index >= 15 is 0 Å². The number of thiazole rings is 1. The summed E-state index contributed by atoms with van der Waals surface area (Å²) in [5, 5.41) is 11.7. The Labute approximate surface area is 238 Å². The summed E-state index contributed by atoms with van der Waals surface area (Å²) in [7, 11) is 0. The lowest BCUT2D eigenvalue weighted by molar-refractivity contribution is -0.384. The number of nitrogens with zero attached hydrogens (tertiary/aromatic N) is 4. The number of non-ortho nitro benzene ring substituents is 1. The smallest absolute Gasteiger partial charge is 0.271 e. The number of rotatable bonds is 7. The van der Waals surface area contributed by atoms with E-state index in [2.05, 4.69) is 4.99 Å². The minimum absolute atomic E-state index is 0.0450. The van der Waals surface area contributed by atoms with Crippen molar-refractivity contribution in [2.45, 2.75) is 26.8 Å². The number of carbonyl (C=O) groups excluding carboxylic acids is 1. The zero-order chi connectivity index (χ0) is 28.6. The molecule has 0 unspecified atom stereocenters. The molecule has 2 aromatic heterocycles. The molecule has 204 valence electrons. The van der Waals surface area contributed by atoms with E-state index in [0.717, 1.165) is 5.56 Å². The molecule has 0 bridgehead atoms. The minimum Gasteiger partial charge on any atom is -0.457 e. The van der Waals surface area contributed by atoms with Crippen LogP contribution >= 0.6 is 22.9 Å². The average molecular weight is 577 g/mol. The minimum atomic E-state index is -0.680. The second-order valence-corrected chi connectivity index (χ2v) is 10.6. The molecular weight excluding hydrogens is 552 g/mol. The molecule has 0 radical (unpaired) electrons. The first-order valence-electron chi connectivity index (χ1n) is 12.6. The number of hydrogen-bond donors (Lipinski definition) is 0. The maximum Gasteiger partial charge on any atom is 0.271 e. The number of nitro groups is 1. The molecule has 9 nitrogen and oxygen atoms in total. The van der Waals surface area contributed by atoms with E-state index in [-0.39, 0.29) is 17.2 Å². The number of allylic oxidation sites excluding steroid dienone is 1. The molecule has 0 saturated carbocycles. The van der Waals surface area contributed by atoms with Gasteiger partial charge in [0, 0.05) is 41.9 Å². The Kier molecular flexibility index (Phi) is 7.55. The Hall–Kier alpha value is -4.28. The third kappa shape index (κ3) is 5.03. The number of nitro benzene ring substituents is 1. The topological polar surface area (TPSA) is 111 Å². The van der Waals surface area contributed by atoms with Crippen LogP contribution in [0.3, 0.4) is 0 Å². The van der Waals surface area contributed by atoms with Gasteiger partial charge in [0.2, 0.25) is 0 Å². The molecule has 1 aliphatic rings. The highest BCUT2D eigenvalue weighted by Crippen LogP contribution is 2.32. The van der Waals surface area contributed by atoms with Crippen LogP contribution in [0.15, 0.2) is 86.1 Å².